The fraction of sp³-hybridized carbons (Fsp3) is 0.240. The van der Waals surface area contributed by atoms with Crippen molar-refractivity contribution in [2.75, 3.05) is 6.61 Å². The highest BCUT2D eigenvalue weighted by atomic mass is 16.5. The highest BCUT2D eigenvalue weighted by molar-refractivity contribution is 6.01. The molecule has 0 aliphatic carbocycles. The Bertz CT molecular complexity index is 1180. The lowest BCUT2D eigenvalue weighted by atomic mass is 10.0. The van der Waals surface area contributed by atoms with Crippen molar-refractivity contribution in [1.29, 1.82) is 5.26 Å². The van der Waals surface area contributed by atoms with E-state index >= 15 is 0 Å². The predicted octanol–water partition coefficient (Wildman–Crippen LogP) is 5.43. The molecule has 1 heterocycles. The third kappa shape index (κ3) is 4.29. The first kappa shape index (κ1) is 21.7. The highest BCUT2D eigenvalue weighted by Gasteiger charge is 2.26. The van der Waals surface area contributed by atoms with Crippen molar-refractivity contribution in [3.63, 3.8) is 0 Å². The van der Waals surface area contributed by atoms with Crippen LogP contribution >= 0.6 is 0 Å². The molecule has 0 spiro atoms. The number of nitriles is 1. The van der Waals surface area contributed by atoms with Crippen LogP contribution in [-0.4, -0.2) is 17.1 Å². The summed E-state index contributed by atoms with van der Waals surface area (Å²) < 4.78 is 12.8. The molecule has 0 aliphatic rings. The van der Waals surface area contributed by atoms with Crippen molar-refractivity contribution in [2.24, 2.45) is 7.05 Å². The fourth-order valence-corrected chi connectivity index (χ4v) is 3.59. The minimum Gasteiger partial charge on any atom is -0.489 e. The number of benzene rings is 2. The van der Waals surface area contributed by atoms with E-state index in [1.54, 1.807) is 36.7 Å². The van der Waals surface area contributed by atoms with Gasteiger partial charge in [-0.2, -0.15) is 5.26 Å². The molecule has 0 amide bonds. The van der Waals surface area contributed by atoms with Crippen LogP contribution in [0.25, 0.3) is 16.0 Å². The average molecular weight is 413 g/mol. The Morgan fingerprint density at radius 2 is 1.87 bits per heavy atom. The van der Waals surface area contributed by atoms with Crippen LogP contribution in [0.1, 0.15) is 41.2 Å². The van der Waals surface area contributed by atoms with E-state index in [0.717, 1.165) is 16.8 Å². The molecule has 0 N–H and O–H groups in total. The smallest absolute Gasteiger partial charge is 0.354 e. The summed E-state index contributed by atoms with van der Waals surface area (Å²) in [5.74, 6) is 0.184. The maximum absolute atomic E-state index is 12.6. The van der Waals surface area contributed by atoms with Crippen molar-refractivity contribution in [1.82, 2.24) is 4.57 Å². The van der Waals surface area contributed by atoms with E-state index < -0.39 is 5.97 Å². The molecule has 0 radical (unpaired) electrons. The number of aromatic nitrogens is 1. The molecule has 0 saturated heterocycles. The zero-order chi connectivity index (χ0) is 22.4. The van der Waals surface area contributed by atoms with Gasteiger partial charge in [-0.25, -0.2) is 9.64 Å². The molecule has 2 aromatic carbocycles. The first-order chi connectivity index (χ1) is 15.0. The number of hydrogen-bond acceptors (Lipinski definition) is 4. The van der Waals surface area contributed by atoms with Gasteiger partial charge in [-0.3, -0.25) is 0 Å². The van der Waals surface area contributed by atoms with Crippen LogP contribution < -0.4 is 4.74 Å². The van der Waals surface area contributed by atoms with Gasteiger partial charge in [-0.15, -0.1) is 0 Å². The van der Waals surface area contributed by atoms with Gasteiger partial charge in [0.05, 0.1) is 24.8 Å². The summed E-state index contributed by atoms with van der Waals surface area (Å²) in [7, 11) is 1.79. The molecule has 6 nitrogen and oxygen atoms in total. The van der Waals surface area contributed by atoms with Crippen molar-refractivity contribution in [3.05, 3.63) is 82.5 Å². The topological polar surface area (TPSA) is 68.6 Å². The largest absolute Gasteiger partial charge is 0.489 e. The number of carbonyl (C=O) groups excluding carboxylic acids is 1. The van der Waals surface area contributed by atoms with Crippen molar-refractivity contribution >= 4 is 11.7 Å². The highest BCUT2D eigenvalue weighted by Crippen LogP contribution is 2.40. The van der Waals surface area contributed by atoms with Crippen LogP contribution in [0.5, 0.6) is 5.75 Å². The minimum atomic E-state index is -0.446. The second-order valence-electron chi connectivity index (χ2n) is 6.85. The average Bonchev–Trinajstić information content (AvgIpc) is 3.09. The number of ether oxygens (including phenoxy) is 2. The third-order valence-electron chi connectivity index (χ3n) is 5.08. The number of nitrogens with zero attached hydrogens (tertiary/aromatic N) is 3. The maximum atomic E-state index is 12.6. The van der Waals surface area contributed by atoms with Gasteiger partial charge in [0.25, 0.3) is 0 Å². The lowest BCUT2D eigenvalue weighted by Gasteiger charge is -2.10. The molecule has 3 aromatic rings. The summed E-state index contributed by atoms with van der Waals surface area (Å²) in [4.78, 5) is 16.4. The Morgan fingerprint density at radius 1 is 1.16 bits per heavy atom. The summed E-state index contributed by atoms with van der Waals surface area (Å²) in [5.41, 5.74) is 4.34. The van der Waals surface area contributed by atoms with Gasteiger partial charge >= 0.3 is 5.97 Å². The Kier molecular flexibility index (Phi) is 6.74. The van der Waals surface area contributed by atoms with Gasteiger partial charge in [0, 0.05) is 23.9 Å². The zero-order valence-electron chi connectivity index (χ0n) is 17.8. The van der Waals surface area contributed by atoms with Gasteiger partial charge < -0.3 is 14.0 Å². The molecule has 3 rings (SSSR count). The fourth-order valence-electron chi connectivity index (χ4n) is 3.59. The molecule has 0 bridgehead atoms. The molecule has 0 atom stereocenters. The van der Waals surface area contributed by atoms with Crippen LogP contribution in [-0.2, 0) is 24.8 Å². The Hall–Kier alpha value is -4.03. The minimum absolute atomic E-state index is 0.259. The van der Waals surface area contributed by atoms with Gasteiger partial charge in [0.2, 0.25) is 5.69 Å². The zero-order valence-corrected chi connectivity index (χ0v) is 17.8. The van der Waals surface area contributed by atoms with Gasteiger partial charge in [-0.1, -0.05) is 37.3 Å². The first-order valence-corrected chi connectivity index (χ1v) is 10.0. The Labute approximate surface area is 182 Å². The number of carbonyl (C=O) groups is 1. The molecular formula is C25H23N3O3. The van der Waals surface area contributed by atoms with E-state index in [1.807, 2.05) is 37.3 Å². The van der Waals surface area contributed by atoms with Crippen LogP contribution in [0.15, 0.2) is 48.5 Å². The normalized spacial score (nSPS) is 10.2. The van der Waals surface area contributed by atoms with Crippen molar-refractivity contribution in [3.8, 4) is 22.9 Å². The third-order valence-corrected chi connectivity index (χ3v) is 5.08. The van der Waals surface area contributed by atoms with Crippen molar-refractivity contribution < 1.29 is 14.3 Å². The van der Waals surface area contributed by atoms with Crippen molar-refractivity contribution in [2.45, 2.75) is 26.9 Å². The summed E-state index contributed by atoms with van der Waals surface area (Å²) in [6.45, 7) is 11.9. The van der Waals surface area contributed by atoms with Crippen LogP contribution in [0.3, 0.4) is 0 Å². The number of esters is 1. The maximum Gasteiger partial charge on any atom is 0.354 e. The molecule has 156 valence electrons. The van der Waals surface area contributed by atoms with Gasteiger partial charge in [0.15, 0.2) is 0 Å². The standard InChI is InChI=1S/C25H23N3O3/c1-5-21-23(27-3)22(24(28(21)4)25(29)30-6-2)17-11-13-20(14-12-17)31-16-19-10-8-7-9-18(19)15-26/h7-14H,5-6,16H2,1-2,4H3. The second kappa shape index (κ2) is 9.65. The monoisotopic (exact) mass is 413 g/mol. The molecule has 0 fully saturated rings. The van der Waals surface area contributed by atoms with Gasteiger partial charge in [-0.05, 0) is 37.1 Å². The van der Waals surface area contributed by atoms with E-state index in [1.165, 1.54) is 0 Å². The molecule has 0 saturated carbocycles. The Balaban J connectivity index is 1.94. The number of hydrogen-bond donors (Lipinski definition) is 0. The quantitative estimate of drug-likeness (QED) is 0.382. The summed E-state index contributed by atoms with van der Waals surface area (Å²) in [6, 6.07) is 16.7. The van der Waals surface area contributed by atoms with E-state index in [4.69, 9.17) is 16.0 Å². The molecular weight excluding hydrogens is 390 g/mol. The van der Waals surface area contributed by atoms with E-state index in [-0.39, 0.29) is 13.2 Å². The lowest BCUT2D eigenvalue weighted by molar-refractivity contribution is 0.0516. The van der Waals surface area contributed by atoms with E-state index in [9.17, 15) is 10.1 Å². The molecule has 0 aliphatic heterocycles. The van der Waals surface area contributed by atoms with E-state index in [0.29, 0.717) is 34.7 Å². The summed E-state index contributed by atoms with van der Waals surface area (Å²) >= 11 is 0. The first-order valence-electron chi connectivity index (χ1n) is 10.0. The van der Waals surface area contributed by atoms with E-state index in [2.05, 4.69) is 10.9 Å². The lowest BCUT2D eigenvalue weighted by Crippen LogP contribution is -2.12. The molecule has 6 heteroatoms. The van der Waals surface area contributed by atoms with Gasteiger partial charge in [0.1, 0.15) is 18.1 Å². The SMILES string of the molecule is [C-]#[N+]c1c(-c2ccc(OCc3ccccc3C#N)cc2)c(C(=O)OCC)n(C)c1CC. The summed E-state index contributed by atoms with van der Waals surface area (Å²) in [5, 5.41) is 9.21. The second-order valence-corrected chi connectivity index (χ2v) is 6.85. The number of rotatable bonds is 7. The molecule has 31 heavy (non-hydrogen) atoms. The Morgan fingerprint density at radius 3 is 2.48 bits per heavy atom. The summed E-state index contributed by atoms with van der Waals surface area (Å²) in [6.07, 6.45) is 0.625. The van der Waals surface area contributed by atoms with Crippen LogP contribution in [0.2, 0.25) is 0 Å². The van der Waals surface area contributed by atoms with Crippen LogP contribution in [0, 0.1) is 17.9 Å². The van der Waals surface area contributed by atoms with Crippen LogP contribution in [0.4, 0.5) is 5.69 Å². The molecule has 1 aromatic heterocycles. The molecule has 0 unspecified atom stereocenters. The predicted molar refractivity (Wildman–Crippen MR) is 118 cm³/mol.